The second kappa shape index (κ2) is 6.51. The number of aliphatic hydroxyl groups is 1. The van der Waals surface area contributed by atoms with Gasteiger partial charge in [0.25, 0.3) is 0 Å². The summed E-state index contributed by atoms with van der Waals surface area (Å²) in [5, 5.41) is 18.7. The molecule has 0 aliphatic carbocycles. The highest BCUT2D eigenvalue weighted by Gasteiger charge is 2.11. The summed E-state index contributed by atoms with van der Waals surface area (Å²) in [7, 11) is 0. The first-order valence-electron chi connectivity index (χ1n) is 6.06. The van der Waals surface area contributed by atoms with Crippen molar-refractivity contribution in [3.63, 3.8) is 0 Å². The lowest BCUT2D eigenvalue weighted by molar-refractivity contribution is 0.190. The van der Waals surface area contributed by atoms with Gasteiger partial charge in [-0.3, -0.25) is 0 Å². The molecule has 4 nitrogen and oxygen atoms in total. The molecule has 1 aromatic carbocycles. The fourth-order valence-corrected chi connectivity index (χ4v) is 2.13. The van der Waals surface area contributed by atoms with Crippen LogP contribution in [0.15, 0.2) is 41.0 Å². The molecule has 0 radical (unpaired) electrons. The molecule has 0 bridgehead atoms. The molecular formula is C15H13BrN2O2. The molecule has 1 heterocycles. The van der Waals surface area contributed by atoms with Crippen molar-refractivity contribution in [1.82, 2.24) is 4.98 Å². The van der Waals surface area contributed by atoms with Gasteiger partial charge < -0.3 is 9.84 Å². The van der Waals surface area contributed by atoms with E-state index in [-0.39, 0.29) is 6.61 Å². The second-order valence-electron chi connectivity index (χ2n) is 4.27. The van der Waals surface area contributed by atoms with E-state index in [9.17, 15) is 5.11 Å². The molecule has 0 fully saturated rings. The van der Waals surface area contributed by atoms with E-state index in [1.165, 1.54) is 0 Å². The summed E-state index contributed by atoms with van der Waals surface area (Å²) >= 11 is 3.37. The lowest BCUT2D eigenvalue weighted by Crippen LogP contribution is -2.03. The van der Waals surface area contributed by atoms with E-state index in [0.717, 1.165) is 4.47 Å². The van der Waals surface area contributed by atoms with Crippen molar-refractivity contribution in [2.75, 3.05) is 0 Å². The van der Waals surface area contributed by atoms with Crippen LogP contribution in [0.2, 0.25) is 0 Å². The lowest BCUT2D eigenvalue weighted by Gasteiger charge is -2.14. The quantitative estimate of drug-likeness (QED) is 0.932. The van der Waals surface area contributed by atoms with Crippen LogP contribution in [0.1, 0.15) is 29.8 Å². The molecule has 0 saturated heterocycles. The number of halogens is 1. The molecule has 0 unspecified atom stereocenters. The third-order valence-electron chi connectivity index (χ3n) is 2.81. The van der Waals surface area contributed by atoms with Gasteiger partial charge in [-0.25, -0.2) is 4.98 Å². The molecule has 0 spiro atoms. The highest BCUT2D eigenvalue weighted by atomic mass is 79.9. The Hall–Kier alpha value is -1.90. The van der Waals surface area contributed by atoms with Gasteiger partial charge in [-0.1, -0.05) is 28.1 Å². The normalized spacial score (nSPS) is 11.7. The zero-order chi connectivity index (χ0) is 14.5. The molecule has 0 aliphatic rings. The zero-order valence-corrected chi connectivity index (χ0v) is 12.5. The number of hydrogen-bond acceptors (Lipinski definition) is 4. The Morgan fingerprint density at radius 2 is 2.25 bits per heavy atom. The predicted octanol–water partition coefficient (Wildman–Crippen LogP) is 3.35. The summed E-state index contributed by atoms with van der Waals surface area (Å²) in [6, 6.07) is 11.0. The van der Waals surface area contributed by atoms with Crippen molar-refractivity contribution >= 4 is 15.9 Å². The van der Waals surface area contributed by atoms with E-state index < -0.39 is 6.10 Å². The predicted molar refractivity (Wildman–Crippen MR) is 78.1 cm³/mol. The standard InChI is InChI=1S/C15H13BrN2O2/c1-10(19)13-5-4-12(16)7-15(13)20-9-11-3-2-6-18-14(11)8-17/h2-7,10,19H,9H2,1H3/t10-/m0/s1. The van der Waals surface area contributed by atoms with Gasteiger partial charge in [0.2, 0.25) is 0 Å². The maximum atomic E-state index is 9.73. The molecule has 2 aromatic rings. The number of aliphatic hydroxyl groups excluding tert-OH is 1. The Morgan fingerprint density at radius 3 is 2.95 bits per heavy atom. The SMILES string of the molecule is C[C@H](O)c1ccc(Br)cc1OCc1cccnc1C#N. The van der Waals surface area contributed by atoms with Crippen LogP contribution in [0.25, 0.3) is 0 Å². The molecule has 1 atom stereocenters. The summed E-state index contributed by atoms with van der Waals surface area (Å²) < 4.78 is 6.59. The number of benzene rings is 1. The van der Waals surface area contributed by atoms with Gasteiger partial charge >= 0.3 is 0 Å². The van der Waals surface area contributed by atoms with Crippen LogP contribution < -0.4 is 4.74 Å². The van der Waals surface area contributed by atoms with E-state index in [1.807, 2.05) is 12.1 Å². The summed E-state index contributed by atoms with van der Waals surface area (Å²) in [6.45, 7) is 1.91. The van der Waals surface area contributed by atoms with Crippen LogP contribution in [0.4, 0.5) is 0 Å². The second-order valence-corrected chi connectivity index (χ2v) is 5.19. The first-order valence-corrected chi connectivity index (χ1v) is 6.85. The number of hydrogen-bond donors (Lipinski definition) is 1. The van der Waals surface area contributed by atoms with Gasteiger partial charge in [0.1, 0.15) is 24.1 Å². The maximum absolute atomic E-state index is 9.73. The third kappa shape index (κ3) is 3.35. The molecule has 5 heteroatoms. The van der Waals surface area contributed by atoms with Crippen molar-refractivity contribution in [3.05, 3.63) is 57.8 Å². The van der Waals surface area contributed by atoms with Gasteiger partial charge in [0, 0.05) is 21.8 Å². The minimum atomic E-state index is -0.623. The van der Waals surface area contributed by atoms with Crippen LogP contribution in [0.5, 0.6) is 5.75 Å². The largest absolute Gasteiger partial charge is 0.488 e. The first kappa shape index (κ1) is 14.5. The molecule has 1 aromatic heterocycles. The van der Waals surface area contributed by atoms with Crippen LogP contribution in [-0.2, 0) is 6.61 Å². The van der Waals surface area contributed by atoms with Gasteiger partial charge in [-0.2, -0.15) is 5.26 Å². The van der Waals surface area contributed by atoms with Crippen LogP contribution >= 0.6 is 15.9 Å². The summed E-state index contributed by atoms with van der Waals surface area (Å²) in [5.74, 6) is 0.585. The van der Waals surface area contributed by atoms with Gasteiger partial charge in [-0.05, 0) is 25.1 Å². The maximum Gasteiger partial charge on any atom is 0.147 e. The number of pyridine rings is 1. The molecule has 1 N–H and O–H groups in total. The van der Waals surface area contributed by atoms with Gasteiger partial charge in [0.05, 0.1) is 6.10 Å². The van der Waals surface area contributed by atoms with Crippen LogP contribution in [0.3, 0.4) is 0 Å². The van der Waals surface area contributed by atoms with Crippen molar-refractivity contribution in [2.24, 2.45) is 0 Å². The van der Waals surface area contributed by atoms with Crippen molar-refractivity contribution in [2.45, 2.75) is 19.6 Å². The number of nitrogens with zero attached hydrogens (tertiary/aromatic N) is 2. The average molecular weight is 333 g/mol. The van der Waals surface area contributed by atoms with E-state index in [4.69, 9.17) is 10.00 Å². The Labute approximate surface area is 125 Å². The van der Waals surface area contributed by atoms with E-state index in [2.05, 4.69) is 20.9 Å². The highest BCUT2D eigenvalue weighted by Crippen LogP contribution is 2.29. The highest BCUT2D eigenvalue weighted by molar-refractivity contribution is 9.10. The fraction of sp³-hybridized carbons (Fsp3) is 0.200. The molecule has 0 aliphatic heterocycles. The average Bonchev–Trinajstić information content (AvgIpc) is 2.45. The number of rotatable bonds is 4. The summed E-state index contributed by atoms with van der Waals surface area (Å²) in [6.07, 6.45) is 0.949. The van der Waals surface area contributed by atoms with Crippen molar-refractivity contribution < 1.29 is 9.84 Å². The topological polar surface area (TPSA) is 66.1 Å². The lowest BCUT2D eigenvalue weighted by atomic mass is 10.1. The first-order chi connectivity index (χ1) is 9.61. The molecule has 0 amide bonds. The fourth-order valence-electron chi connectivity index (χ4n) is 1.79. The number of ether oxygens (including phenoxy) is 1. The Bertz CT molecular complexity index is 651. The van der Waals surface area contributed by atoms with Crippen LogP contribution in [-0.4, -0.2) is 10.1 Å². The van der Waals surface area contributed by atoms with Gasteiger partial charge in [0.15, 0.2) is 0 Å². The molecule has 0 saturated carbocycles. The minimum Gasteiger partial charge on any atom is -0.488 e. The number of nitriles is 1. The van der Waals surface area contributed by atoms with E-state index in [0.29, 0.717) is 22.6 Å². The molecule has 2 rings (SSSR count). The summed E-state index contributed by atoms with van der Waals surface area (Å²) in [5.41, 5.74) is 1.77. The molecule has 20 heavy (non-hydrogen) atoms. The Balaban J connectivity index is 2.23. The molecule has 102 valence electrons. The molecular weight excluding hydrogens is 320 g/mol. The Kier molecular flexibility index (Phi) is 4.72. The van der Waals surface area contributed by atoms with Gasteiger partial charge in [-0.15, -0.1) is 0 Å². The Morgan fingerprint density at radius 1 is 1.45 bits per heavy atom. The smallest absolute Gasteiger partial charge is 0.147 e. The van der Waals surface area contributed by atoms with E-state index in [1.54, 1.807) is 37.4 Å². The number of aromatic nitrogens is 1. The zero-order valence-electron chi connectivity index (χ0n) is 10.9. The van der Waals surface area contributed by atoms with Crippen molar-refractivity contribution in [1.29, 1.82) is 5.26 Å². The third-order valence-corrected chi connectivity index (χ3v) is 3.30. The summed E-state index contributed by atoms with van der Waals surface area (Å²) in [4.78, 5) is 3.98. The minimum absolute atomic E-state index is 0.229. The van der Waals surface area contributed by atoms with Crippen molar-refractivity contribution in [3.8, 4) is 11.8 Å². The monoisotopic (exact) mass is 332 g/mol. The van der Waals surface area contributed by atoms with Crippen LogP contribution in [0, 0.1) is 11.3 Å². The van der Waals surface area contributed by atoms with E-state index >= 15 is 0 Å².